The molecule has 0 saturated carbocycles. The summed E-state index contributed by atoms with van der Waals surface area (Å²) in [7, 11) is 0. The van der Waals surface area contributed by atoms with E-state index < -0.39 is 6.29 Å². The Balaban J connectivity index is 0. The fraction of sp³-hybridized carbons (Fsp3) is 0.941. The van der Waals surface area contributed by atoms with Gasteiger partial charge in [0.2, 0.25) is 0 Å². The Morgan fingerprint density at radius 1 is 0.714 bits per heavy atom. The summed E-state index contributed by atoms with van der Waals surface area (Å²) in [6.07, 6.45) is 16.7. The second-order valence-corrected chi connectivity index (χ2v) is 5.62. The van der Waals surface area contributed by atoms with Gasteiger partial charge in [-0.1, -0.05) is 84.0 Å². The molecule has 0 heterocycles. The number of rotatable bonds is 14. The molecular weight excluding hydrogens is 268 g/mol. The summed E-state index contributed by atoms with van der Waals surface area (Å²) in [5.41, 5.74) is 0. The van der Waals surface area contributed by atoms with Crippen LogP contribution in [-0.4, -0.2) is 28.1 Å². The highest BCUT2D eigenvalue weighted by Gasteiger charge is 1.97. The normalized spacial score (nSPS) is 10.3. The van der Waals surface area contributed by atoms with E-state index in [9.17, 15) is 0 Å². The van der Waals surface area contributed by atoms with Gasteiger partial charge in [0.15, 0.2) is 6.29 Å². The zero-order valence-electron chi connectivity index (χ0n) is 13.8. The standard InChI is InChI=1S/C16H34O2.CH2O2/c1-2-3-4-5-6-7-8-9-10-11-12-13-14-15-16(17)18;2-1-3/h16-18H,2-15H2,1H3;1H,(H,2,3). The third-order valence-corrected chi connectivity index (χ3v) is 3.57. The Morgan fingerprint density at radius 2 is 1.00 bits per heavy atom. The van der Waals surface area contributed by atoms with Crippen LogP contribution < -0.4 is 0 Å². The molecule has 0 aromatic heterocycles. The molecule has 0 aromatic carbocycles. The average molecular weight is 304 g/mol. The number of aliphatic hydroxyl groups is 2. The fourth-order valence-corrected chi connectivity index (χ4v) is 2.34. The van der Waals surface area contributed by atoms with Gasteiger partial charge in [-0.3, -0.25) is 4.79 Å². The van der Waals surface area contributed by atoms with Gasteiger partial charge in [-0.2, -0.15) is 0 Å². The van der Waals surface area contributed by atoms with E-state index >= 15 is 0 Å². The lowest BCUT2D eigenvalue weighted by Crippen LogP contribution is -2.02. The summed E-state index contributed by atoms with van der Waals surface area (Å²) in [6, 6.07) is 0. The minimum atomic E-state index is -1.10. The summed E-state index contributed by atoms with van der Waals surface area (Å²) in [5.74, 6) is 0. The Bertz CT molecular complexity index is 184. The summed E-state index contributed by atoms with van der Waals surface area (Å²) >= 11 is 0. The second kappa shape index (κ2) is 21.7. The lowest BCUT2D eigenvalue weighted by Gasteiger charge is -2.04. The van der Waals surface area contributed by atoms with Crippen molar-refractivity contribution in [1.82, 2.24) is 0 Å². The molecule has 3 N–H and O–H groups in total. The van der Waals surface area contributed by atoms with Gasteiger partial charge >= 0.3 is 0 Å². The molecule has 0 amide bonds. The van der Waals surface area contributed by atoms with E-state index in [0.29, 0.717) is 6.42 Å². The highest BCUT2D eigenvalue weighted by Crippen LogP contribution is 2.13. The molecule has 0 atom stereocenters. The lowest BCUT2D eigenvalue weighted by molar-refractivity contribution is -0.122. The van der Waals surface area contributed by atoms with Crippen molar-refractivity contribution in [2.75, 3.05) is 0 Å². The number of unbranched alkanes of at least 4 members (excludes halogenated alkanes) is 12. The molecule has 21 heavy (non-hydrogen) atoms. The SMILES string of the molecule is CCCCCCCCCCCCCCCC(O)O.O=CO. The fourth-order valence-electron chi connectivity index (χ4n) is 2.34. The van der Waals surface area contributed by atoms with Gasteiger partial charge in [0.1, 0.15) is 0 Å². The minimum Gasteiger partial charge on any atom is -0.483 e. The third kappa shape index (κ3) is 28.3. The molecule has 128 valence electrons. The maximum absolute atomic E-state index is 8.69. The number of carboxylic acid groups (broad SMARTS) is 1. The van der Waals surface area contributed by atoms with Crippen LogP contribution in [0.4, 0.5) is 0 Å². The first-order valence-corrected chi connectivity index (χ1v) is 8.63. The number of hydrogen-bond donors (Lipinski definition) is 3. The van der Waals surface area contributed by atoms with Crippen molar-refractivity contribution in [2.45, 2.75) is 103 Å². The largest absolute Gasteiger partial charge is 0.483 e. The molecule has 0 aliphatic carbocycles. The Kier molecular flexibility index (Phi) is 23.4. The van der Waals surface area contributed by atoms with E-state index in [2.05, 4.69) is 6.92 Å². The molecule has 0 radical (unpaired) electrons. The van der Waals surface area contributed by atoms with Crippen LogP contribution in [0.1, 0.15) is 96.8 Å². The Morgan fingerprint density at radius 3 is 1.29 bits per heavy atom. The zero-order valence-corrected chi connectivity index (χ0v) is 13.8. The van der Waals surface area contributed by atoms with Crippen molar-refractivity contribution in [3.8, 4) is 0 Å². The van der Waals surface area contributed by atoms with Crippen molar-refractivity contribution < 1.29 is 20.1 Å². The van der Waals surface area contributed by atoms with Crippen molar-refractivity contribution in [1.29, 1.82) is 0 Å². The van der Waals surface area contributed by atoms with E-state index in [4.69, 9.17) is 20.1 Å². The molecule has 0 spiro atoms. The number of aliphatic hydroxyl groups excluding tert-OH is 1. The van der Waals surface area contributed by atoms with Gasteiger partial charge in [-0.15, -0.1) is 0 Å². The third-order valence-electron chi connectivity index (χ3n) is 3.57. The zero-order chi connectivity index (χ0) is 16.2. The minimum absolute atomic E-state index is 0.250. The quantitative estimate of drug-likeness (QED) is 0.251. The van der Waals surface area contributed by atoms with Crippen LogP contribution in [-0.2, 0) is 4.79 Å². The van der Waals surface area contributed by atoms with Gasteiger partial charge in [0, 0.05) is 0 Å². The number of hydrogen-bond acceptors (Lipinski definition) is 3. The summed E-state index contributed by atoms with van der Waals surface area (Å²) in [5, 5.41) is 24.3. The predicted octanol–water partition coefficient (Wildman–Crippen LogP) is 4.48. The highest BCUT2D eigenvalue weighted by atomic mass is 16.5. The van der Waals surface area contributed by atoms with Crippen LogP contribution >= 0.6 is 0 Å². The van der Waals surface area contributed by atoms with Gasteiger partial charge in [0.25, 0.3) is 6.47 Å². The van der Waals surface area contributed by atoms with Crippen molar-refractivity contribution >= 4 is 6.47 Å². The Hall–Kier alpha value is -0.610. The van der Waals surface area contributed by atoms with E-state index in [1.165, 1.54) is 70.6 Å². The Labute approximate surface area is 130 Å². The van der Waals surface area contributed by atoms with Crippen LogP contribution in [0.3, 0.4) is 0 Å². The highest BCUT2D eigenvalue weighted by molar-refractivity contribution is 5.32. The molecule has 0 bridgehead atoms. The molecule has 0 aliphatic rings. The van der Waals surface area contributed by atoms with E-state index in [0.717, 1.165) is 12.8 Å². The number of carbonyl (C=O) groups is 1. The van der Waals surface area contributed by atoms with Crippen molar-refractivity contribution in [3.63, 3.8) is 0 Å². The molecular formula is C17H36O4. The van der Waals surface area contributed by atoms with E-state index in [1.807, 2.05) is 0 Å². The molecule has 0 saturated heterocycles. The second-order valence-electron chi connectivity index (χ2n) is 5.62. The molecule has 0 unspecified atom stereocenters. The van der Waals surface area contributed by atoms with Crippen LogP contribution in [0, 0.1) is 0 Å². The molecule has 0 aliphatic heterocycles. The monoisotopic (exact) mass is 304 g/mol. The molecule has 4 heteroatoms. The van der Waals surface area contributed by atoms with Crippen molar-refractivity contribution in [3.05, 3.63) is 0 Å². The smallest absolute Gasteiger partial charge is 0.290 e. The van der Waals surface area contributed by atoms with Crippen molar-refractivity contribution in [2.24, 2.45) is 0 Å². The average Bonchev–Trinajstić information content (AvgIpc) is 2.44. The van der Waals surface area contributed by atoms with E-state index in [-0.39, 0.29) is 6.47 Å². The van der Waals surface area contributed by atoms with Gasteiger partial charge < -0.3 is 15.3 Å². The maximum Gasteiger partial charge on any atom is 0.290 e. The van der Waals surface area contributed by atoms with Crippen LogP contribution in [0.15, 0.2) is 0 Å². The predicted molar refractivity (Wildman–Crippen MR) is 87.2 cm³/mol. The lowest BCUT2D eigenvalue weighted by atomic mass is 10.0. The molecule has 0 aromatic rings. The topological polar surface area (TPSA) is 77.8 Å². The maximum atomic E-state index is 8.69. The summed E-state index contributed by atoms with van der Waals surface area (Å²) in [6.45, 7) is 2.02. The summed E-state index contributed by atoms with van der Waals surface area (Å²) < 4.78 is 0. The molecule has 0 rings (SSSR count). The first kappa shape index (κ1) is 22.7. The van der Waals surface area contributed by atoms with Gasteiger partial charge in [-0.25, -0.2) is 0 Å². The molecule has 0 fully saturated rings. The van der Waals surface area contributed by atoms with E-state index in [1.54, 1.807) is 0 Å². The van der Waals surface area contributed by atoms with Crippen LogP contribution in [0.2, 0.25) is 0 Å². The van der Waals surface area contributed by atoms with Crippen LogP contribution in [0.25, 0.3) is 0 Å². The van der Waals surface area contributed by atoms with Crippen LogP contribution in [0.5, 0.6) is 0 Å². The first-order chi connectivity index (χ1) is 10.2. The van der Waals surface area contributed by atoms with Gasteiger partial charge in [0.05, 0.1) is 0 Å². The molecule has 4 nitrogen and oxygen atoms in total. The van der Waals surface area contributed by atoms with Gasteiger partial charge in [-0.05, 0) is 12.8 Å². The summed E-state index contributed by atoms with van der Waals surface area (Å²) in [4.78, 5) is 8.36. The first-order valence-electron chi connectivity index (χ1n) is 8.63.